The Morgan fingerprint density at radius 2 is 0.575 bits per heavy atom. The van der Waals surface area contributed by atoms with E-state index in [-0.39, 0.29) is 112 Å². The van der Waals surface area contributed by atoms with Crippen molar-refractivity contribution in [3.63, 3.8) is 0 Å². The largest absolute Gasteiger partial charge is 0.420 e. The van der Waals surface area contributed by atoms with E-state index in [0.717, 1.165) is 6.92 Å². The first kappa shape index (κ1) is 166. The van der Waals surface area contributed by atoms with Crippen LogP contribution in [0.1, 0.15) is 95.0 Å². The van der Waals surface area contributed by atoms with Gasteiger partial charge in [0.05, 0.1) is 48.5 Å². The third kappa shape index (κ3) is 180. The van der Waals surface area contributed by atoms with E-state index in [9.17, 15) is 123 Å². The molecule has 33 heteroatoms. The van der Waals surface area contributed by atoms with Crippen molar-refractivity contribution < 1.29 is 146 Å². The predicted octanol–water partition coefficient (Wildman–Crippen LogP) is 25.9. The maximum absolute atomic E-state index is 12.3. The Labute approximate surface area is 504 Å². The van der Waals surface area contributed by atoms with Crippen LogP contribution in [0.4, 0.5) is 132 Å². The van der Waals surface area contributed by atoms with Gasteiger partial charge in [-0.3, -0.25) is 17.6 Å². The third-order valence-corrected chi connectivity index (χ3v) is 4.60. The highest BCUT2D eigenvalue weighted by Crippen LogP contribution is 2.36. The summed E-state index contributed by atoms with van der Waals surface area (Å²) in [5, 5.41) is 0. The van der Waals surface area contributed by atoms with Gasteiger partial charge >= 0.3 is 24.5 Å². The van der Waals surface area contributed by atoms with Crippen molar-refractivity contribution in [2.24, 2.45) is 0 Å². The third-order valence-electron chi connectivity index (χ3n) is 4.60. The Bertz CT molecular complexity index is 1140. The lowest BCUT2D eigenvalue weighted by Gasteiger charge is -2.19. The molecule has 0 spiro atoms. The summed E-state index contributed by atoms with van der Waals surface area (Å²) in [4.78, 5) is 0. The lowest BCUT2D eigenvalue weighted by molar-refractivity contribution is -0.171. The zero-order valence-electron chi connectivity index (χ0n) is 43.0. The lowest BCUT2D eigenvalue weighted by Crippen LogP contribution is -2.35. The summed E-state index contributed by atoms with van der Waals surface area (Å²) in [6, 6.07) is 0. The standard InChI is InChI=1S/C7H11F3O.2C6H9F3O.C4H2F6.2C4H5F3.C3H3F3.C2H6.2C2H4.4CH3F.10CH4.F2/c1-3-4-11-6(2)7(9,10)5-8;2*1-2-3-10-5-6(8,9)4-7;1-2(3(5,6)7)4(8,9)10;2*1-2-4(6,7)3-5;1-2-3(4,5)6;7*1-2;;;;;;;;;;;1-2/h3,6H,1,4-5H2,2H3;2*2H,1,3-5H2;1H2;2*2H,1,3H2;2H,1H2;1-2H3;2*1-2H2;4*1H3;10*1H4;. The molecule has 0 amide bonds. The SMILES string of the molecule is C.C.C.C.C.C.C.C.C.C.C=C.C=C.C=C(C(F)(F)F)C(F)(F)F.C=CC(F)(F)CF.C=CC(F)(F)CF.C=CC(F)(F)F.C=CCOC(C)C(F)(F)CF.C=CCOCC(F)(F)CF.C=CCOCC(F)(F)CF.CC.CF.CF.CF.CF.FF. The van der Waals surface area contributed by atoms with Crippen LogP contribution in [-0.4, -0.2) is 149 Å². The second kappa shape index (κ2) is 113. The number of allylic oxidation sites excluding steroid dienone is 4. The van der Waals surface area contributed by atoms with E-state index in [1.54, 1.807) is 0 Å². The fraction of sp³-hybridized carbons (Fsp3) is 0.667. The van der Waals surface area contributed by atoms with E-state index in [0.29, 0.717) is 28.7 Å². The molecule has 0 saturated carbocycles. The normalized spacial score (nSPS) is 9.11. The Morgan fingerprint density at radius 1 is 0.379 bits per heavy atom. The van der Waals surface area contributed by atoms with Crippen LogP contribution in [0, 0.1) is 0 Å². The van der Waals surface area contributed by atoms with Crippen molar-refractivity contribution in [1.82, 2.24) is 0 Å². The second-order valence-corrected chi connectivity index (χ2v) is 10.2. The van der Waals surface area contributed by atoms with Gasteiger partial charge in [-0.25, -0.2) is 48.3 Å². The number of rotatable bonds is 19. The summed E-state index contributed by atoms with van der Waals surface area (Å²) in [7, 11) is 2.00. The Kier molecular flexibility index (Phi) is 214. The number of hydrogen-bond donors (Lipinski definition) is 0. The van der Waals surface area contributed by atoms with Crippen LogP contribution < -0.4 is 0 Å². The molecule has 0 aliphatic carbocycles. The molecule has 87 heavy (non-hydrogen) atoms. The Hall–Kier alpha value is -4.56. The molecule has 0 aromatic carbocycles. The summed E-state index contributed by atoms with van der Waals surface area (Å²) >= 11 is 0. The molecule has 0 N–H and O–H groups in total. The summed E-state index contributed by atoms with van der Waals surface area (Å²) in [5.74, 6) is -16.7. The van der Waals surface area contributed by atoms with Crippen LogP contribution in [0.3, 0.4) is 0 Å². The maximum Gasteiger partial charge on any atom is 0.420 e. The molecule has 0 aromatic rings. The number of ether oxygens (including phenoxy) is 3. The topological polar surface area (TPSA) is 27.7 Å². The van der Waals surface area contributed by atoms with Crippen LogP contribution in [0.5, 0.6) is 0 Å². The lowest BCUT2D eigenvalue weighted by atomic mass is 10.2. The molecule has 1 unspecified atom stereocenters. The average molecular weight is 1380 g/mol. The predicted molar refractivity (Wildman–Crippen MR) is 312 cm³/mol. The fourth-order valence-electron chi connectivity index (χ4n) is 1.37. The van der Waals surface area contributed by atoms with Gasteiger partial charge in [0, 0.05) is 15.2 Å². The van der Waals surface area contributed by atoms with Crippen molar-refractivity contribution >= 4 is 0 Å². The van der Waals surface area contributed by atoms with Gasteiger partial charge < -0.3 is 14.2 Å². The minimum absolute atomic E-state index is 0. The van der Waals surface area contributed by atoms with Gasteiger partial charge in [-0.15, -0.1) is 46.1 Å². The first-order chi connectivity index (χ1) is 35.2. The molecule has 3 nitrogen and oxygen atoms in total. The van der Waals surface area contributed by atoms with Gasteiger partial charge in [-0.2, -0.15) is 57.1 Å². The van der Waals surface area contributed by atoms with Crippen LogP contribution in [0.2, 0.25) is 0 Å². The molecular weight excluding hydrogens is 1270 g/mol. The van der Waals surface area contributed by atoms with Crippen molar-refractivity contribution in [2.45, 2.75) is 149 Å². The van der Waals surface area contributed by atoms with Gasteiger partial charge in [0.2, 0.25) is 0 Å². The highest BCUT2D eigenvalue weighted by Gasteiger charge is 2.49. The molecule has 0 radical (unpaired) electrons. The van der Waals surface area contributed by atoms with Gasteiger partial charge in [-0.05, 0) is 19.1 Å². The molecule has 0 rings (SSSR count). The Balaban J connectivity index is -0.0000000212. The minimum atomic E-state index is -5.38. The van der Waals surface area contributed by atoms with E-state index in [2.05, 4.69) is 80.0 Å². The maximum atomic E-state index is 12.3. The number of halogens is 30. The molecule has 0 fully saturated rings. The minimum Gasteiger partial charge on any atom is -0.371 e. The smallest absolute Gasteiger partial charge is 0.371 e. The summed E-state index contributed by atoms with van der Waals surface area (Å²) < 4.78 is 340. The zero-order chi connectivity index (χ0) is 66.6. The highest BCUT2D eigenvalue weighted by molar-refractivity contribution is 5.09. The van der Waals surface area contributed by atoms with Gasteiger partial charge in [-0.1, -0.05) is 133 Å². The molecule has 0 aliphatic heterocycles. The molecular formula is C54H110F30O3. The summed E-state index contributed by atoms with van der Waals surface area (Å²) in [6.07, 6.45) is -11.8. The average Bonchev–Trinajstić information content (AvgIpc) is 3.42. The molecule has 0 aliphatic rings. The van der Waals surface area contributed by atoms with E-state index in [1.807, 2.05) is 20.4 Å². The molecule has 1 atom stereocenters. The van der Waals surface area contributed by atoms with Gasteiger partial charge in [0.15, 0.2) is 33.4 Å². The molecule has 0 aromatic heterocycles. The van der Waals surface area contributed by atoms with Gasteiger partial charge in [0.25, 0.3) is 23.7 Å². The van der Waals surface area contributed by atoms with Crippen molar-refractivity contribution in [2.75, 3.05) is 95.1 Å². The molecule has 0 saturated heterocycles. The zero-order valence-corrected chi connectivity index (χ0v) is 43.0. The van der Waals surface area contributed by atoms with E-state index in [4.69, 9.17) is 9.15 Å². The number of alkyl halides is 28. The van der Waals surface area contributed by atoms with Crippen LogP contribution in [-0.2, 0) is 14.2 Å². The van der Waals surface area contributed by atoms with E-state index in [1.165, 1.54) is 18.2 Å². The quantitative estimate of drug-likeness (QED) is 0.0733. The first-order valence-corrected chi connectivity index (χ1v) is 19.0. The van der Waals surface area contributed by atoms with Gasteiger partial charge in [0.1, 0.15) is 24.9 Å². The molecule has 0 heterocycles. The second-order valence-electron chi connectivity index (χ2n) is 10.2. The van der Waals surface area contributed by atoms with Crippen LogP contribution in [0.25, 0.3) is 0 Å². The number of hydrogen-bond acceptors (Lipinski definition) is 3. The highest BCUT2D eigenvalue weighted by atomic mass is 20.0. The molecule has 554 valence electrons. The monoisotopic (exact) mass is 1380 g/mol. The van der Waals surface area contributed by atoms with Crippen molar-refractivity contribution in [3.05, 3.63) is 114 Å². The van der Waals surface area contributed by atoms with Crippen LogP contribution in [0.15, 0.2) is 114 Å². The summed E-state index contributed by atoms with van der Waals surface area (Å²) in [6.45, 7) is 26.6. The fourth-order valence-corrected chi connectivity index (χ4v) is 1.37. The van der Waals surface area contributed by atoms with E-state index < -0.39 is 106 Å². The van der Waals surface area contributed by atoms with E-state index >= 15 is 0 Å². The Morgan fingerprint density at radius 3 is 0.667 bits per heavy atom. The van der Waals surface area contributed by atoms with Crippen molar-refractivity contribution in [3.8, 4) is 0 Å². The van der Waals surface area contributed by atoms with Crippen LogP contribution >= 0.6 is 0 Å². The molecule has 0 bridgehead atoms. The summed E-state index contributed by atoms with van der Waals surface area (Å²) in [5.41, 5.74) is -2.68. The van der Waals surface area contributed by atoms with Crippen molar-refractivity contribution in [1.29, 1.82) is 0 Å². The first-order valence-electron chi connectivity index (χ1n) is 19.0.